The highest BCUT2D eigenvalue weighted by Crippen LogP contribution is 2.36. The summed E-state index contributed by atoms with van der Waals surface area (Å²) in [5.41, 5.74) is 1.39. The summed E-state index contributed by atoms with van der Waals surface area (Å²) < 4.78 is 19.0. The third-order valence-corrected chi connectivity index (χ3v) is 6.13. The molecule has 2 fully saturated rings. The molecule has 7 heteroatoms. The molecule has 0 bridgehead atoms. The molecule has 6 nitrogen and oxygen atoms in total. The van der Waals surface area contributed by atoms with Crippen LogP contribution in [0.25, 0.3) is 10.9 Å². The summed E-state index contributed by atoms with van der Waals surface area (Å²) in [7, 11) is 0. The van der Waals surface area contributed by atoms with Crippen LogP contribution in [0.4, 0.5) is 14.9 Å². The standard InChI is InChI=1S/C24H22FN3O3/c25-19-6-8-20(9-7-19)28-16-24(31-23(28)30)10-3-12-27(13-11-24)22(29)18-14-17-4-1-2-5-21(17)26-15-18/h1-2,4-9,14-15H,3,10-13,16H2/t24-/m0/s1. The number of halogens is 1. The number of para-hydroxylation sites is 1. The Morgan fingerprint density at radius 3 is 2.71 bits per heavy atom. The summed E-state index contributed by atoms with van der Waals surface area (Å²) in [4.78, 5) is 33.4. The van der Waals surface area contributed by atoms with Crippen molar-refractivity contribution in [1.29, 1.82) is 0 Å². The first-order chi connectivity index (χ1) is 15.0. The molecule has 0 unspecified atom stereocenters. The Labute approximate surface area is 179 Å². The minimum atomic E-state index is -0.637. The highest BCUT2D eigenvalue weighted by molar-refractivity contribution is 5.97. The number of carbonyl (C=O) groups excluding carboxylic acids is 2. The van der Waals surface area contributed by atoms with E-state index in [2.05, 4.69) is 4.98 Å². The quantitative estimate of drug-likeness (QED) is 0.618. The van der Waals surface area contributed by atoms with Gasteiger partial charge in [0.1, 0.15) is 11.4 Å². The van der Waals surface area contributed by atoms with Gasteiger partial charge in [-0.15, -0.1) is 0 Å². The third-order valence-electron chi connectivity index (χ3n) is 6.13. The largest absolute Gasteiger partial charge is 0.441 e. The van der Waals surface area contributed by atoms with E-state index in [9.17, 15) is 14.0 Å². The fraction of sp³-hybridized carbons (Fsp3) is 0.292. The number of hydrogen-bond acceptors (Lipinski definition) is 4. The maximum absolute atomic E-state index is 13.2. The van der Waals surface area contributed by atoms with Gasteiger partial charge in [0, 0.05) is 36.8 Å². The number of carbonyl (C=O) groups is 2. The highest BCUT2D eigenvalue weighted by atomic mass is 19.1. The minimum Gasteiger partial charge on any atom is -0.441 e. The van der Waals surface area contributed by atoms with E-state index in [1.807, 2.05) is 35.2 Å². The average molecular weight is 419 g/mol. The lowest BCUT2D eigenvalue weighted by Gasteiger charge is -2.25. The van der Waals surface area contributed by atoms with Crippen LogP contribution in [0.15, 0.2) is 60.8 Å². The summed E-state index contributed by atoms with van der Waals surface area (Å²) >= 11 is 0. The van der Waals surface area contributed by atoms with Gasteiger partial charge in [0.15, 0.2) is 0 Å². The van der Waals surface area contributed by atoms with Gasteiger partial charge in [-0.2, -0.15) is 0 Å². The van der Waals surface area contributed by atoms with E-state index in [4.69, 9.17) is 4.74 Å². The number of benzene rings is 2. The van der Waals surface area contributed by atoms with Gasteiger partial charge >= 0.3 is 6.09 Å². The van der Waals surface area contributed by atoms with E-state index in [0.29, 0.717) is 43.7 Å². The monoisotopic (exact) mass is 419 g/mol. The molecular weight excluding hydrogens is 397 g/mol. The molecule has 1 spiro atoms. The molecule has 2 aliphatic heterocycles. The smallest absolute Gasteiger partial charge is 0.415 e. The molecule has 2 amide bonds. The second-order valence-corrected chi connectivity index (χ2v) is 8.18. The predicted octanol–water partition coefficient (Wildman–Crippen LogP) is 4.40. The molecule has 1 aromatic heterocycles. The number of amides is 2. The first-order valence-corrected chi connectivity index (χ1v) is 10.4. The molecule has 0 radical (unpaired) electrons. The van der Waals surface area contributed by atoms with Gasteiger partial charge in [-0.3, -0.25) is 14.7 Å². The van der Waals surface area contributed by atoms with Gasteiger partial charge < -0.3 is 9.64 Å². The number of likely N-dealkylation sites (tertiary alicyclic amines) is 1. The molecule has 3 aromatic rings. The van der Waals surface area contributed by atoms with E-state index < -0.39 is 11.7 Å². The molecule has 5 rings (SSSR count). The van der Waals surface area contributed by atoms with E-state index >= 15 is 0 Å². The van der Waals surface area contributed by atoms with Crippen molar-refractivity contribution in [1.82, 2.24) is 9.88 Å². The van der Waals surface area contributed by atoms with Crippen molar-refractivity contribution in [2.45, 2.75) is 24.9 Å². The first-order valence-electron chi connectivity index (χ1n) is 10.4. The Bertz CT molecular complexity index is 1150. The number of ether oxygens (including phenoxy) is 1. The van der Waals surface area contributed by atoms with Gasteiger partial charge in [0.2, 0.25) is 0 Å². The first kappa shape index (κ1) is 19.5. The molecule has 0 aliphatic carbocycles. The van der Waals surface area contributed by atoms with E-state index in [-0.39, 0.29) is 11.7 Å². The Kier molecular flexibility index (Phi) is 4.81. The zero-order valence-corrected chi connectivity index (χ0v) is 17.0. The lowest BCUT2D eigenvalue weighted by Crippen LogP contribution is -2.37. The summed E-state index contributed by atoms with van der Waals surface area (Å²) in [5.74, 6) is -0.409. The summed E-state index contributed by atoms with van der Waals surface area (Å²) in [6.07, 6.45) is 3.17. The second kappa shape index (κ2) is 7.65. The molecule has 0 N–H and O–H groups in total. The SMILES string of the molecule is O=C(c1cnc2ccccc2c1)N1CCC[C@]2(CC1)CN(c1ccc(F)cc1)C(=O)O2. The zero-order valence-electron chi connectivity index (χ0n) is 17.0. The van der Waals surface area contributed by atoms with E-state index in [1.54, 1.807) is 23.2 Å². The van der Waals surface area contributed by atoms with Gasteiger partial charge in [-0.1, -0.05) is 18.2 Å². The lowest BCUT2D eigenvalue weighted by atomic mass is 9.95. The number of aromatic nitrogens is 1. The Morgan fingerprint density at radius 1 is 1.06 bits per heavy atom. The topological polar surface area (TPSA) is 62.7 Å². The predicted molar refractivity (Wildman–Crippen MR) is 114 cm³/mol. The molecular formula is C24H22FN3O3. The number of anilines is 1. The van der Waals surface area contributed by atoms with Crippen LogP contribution in [-0.4, -0.2) is 47.1 Å². The fourth-order valence-corrected chi connectivity index (χ4v) is 4.44. The average Bonchev–Trinajstić information content (AvgIpc) is 2.97. The van der Waals surface area contributed by atoms with Crippen molar-refractivity contribution >= 4 is 28.6 Å². The van der Waals surface area contributed by atoms with Crippen molar-refractivity contribution in [3.63, 3.8) is 0 Å². The van der Waals surface area contributed by atoms with Crippen LogP contribution >= 0.6 is 0 Å². The van der Waals surface area contributed by atoms with Crippen LogP contribution in [0.3, 0.4) is 0 Å². The van der Waals surface area contributed by atoms with Gasteiger partial charge in [0.05, 0.1) is 17.6 Å². The molecule has 0 saturated carbocycles. The molecule has 2 saturated heterocycles. The number of nitrogens with zero attached hydrogens (tertiary/aromatic N) is 3. The zero-order chi connectivity index (χ0) is 21.4. The number of fused-ring (bicyclic) bond motifs is 1. The van der Waals surface area contributed by atoms with Crippen molar-refractivity contribution in [2.24, 2.45) is 0 Å². The molecule has 2 aromatic carbocycles. The van der Waals surface area contributed by atoms with Gasteiger partial charge in [-0.05, 0) is 49.2 Å². The Morgan fingerprint density at radius 2 is 1.87 bits per heavy atom. The number of rotatable bonds is 2. The normalized spacial score (nSPS) is 21.4. The molecule has 2 aliphatic rings. The van der Waals surface area contributed by atoms with Gasteiger partial charge in [0.25, 0.3) is 5.91 Å². The maximum atomic E-state index is 13.2. The van der Waals surface area contributed by atoms with E-state index in [1.165, 1.54) is 12.1 Å². The van der Waals surface area contributed by atoms with Gasteiger partial charge in [-0.25, -0.2) is 9.18 Å². The highest BCUT2D eigenvalue weighted by Gasteiger charge is 2.46. The van der Waals surface area contributed by atoms with Crippen molar-refractivity contribution in [3.05, 3.63) is 72.2 Å². The van der Waals surface area contributed by atoms with Crippen LogP contribution in [0, 0.1) is 5.82 Å². The van der Waals surface area contributed by atoms with Crippen molar-refractivity contribution < 1.29 is 18.7 Å². The third kappa shape index (κ3) is 3.71. The Balaban J connectivity index is 1.31. The van der Waals surface area contributed by atoms with Crippen LogP contribution in [0.1, 0.15) is 29.6 Å². The van der Waals surface area contributed by atoms with Crippen molar-refractivity contribution in [2.75, 3.05) is 24.5 Å². The molecule has 158 valence electrons. The van der Waals surface area contributed by atoms with Crippen LogP contribution in [-0.2, 0) is 4.74 Å². The number of pyridine rings is 1. The van der Waals surface area contributed by atoms with E-state index in [0.717, 1.165) is 17.3 Å². The van der Waals surface area contributed by atoms with Crippen LogP contribution in [0.2, 0.25) is 0 Å². The minimum absolute atomic E-state index is 0.0602. The molecule has 31 heavy (non-hydrogen) atoms. The summed E-state index contributed by atoms with van der Waals surface area (Å²) in [6, 6.07) is 15.4. The van der Waals surface area contributed by atoms with Crippen LogP contribution in [0.5, 0.6) is 0 Å². The molecule has 3 heterocycles. The molecule has 1 atom stereocenters. The second-order valence-electron chi connectivity index (χ2n) is 8.18. The lowest BCUT2D eigenvalue weighted by molar-refractivity contribution is 0.0438. The van der Waals surface area contributed by atoms with Crippen molar-refractivity contribution in [3.8, 4) is 0 Å². The number of hydrogen-bond donors (Lipinski definition) is 0. The summed E-state index contributed by atoms with van der Waals surface area (Å²) in [5, 5.41) is 0.930. The summed E-state index contributed by atoms with van der Waals surface area (Å²) in [6.45, 7) is 1.49. The van der Waals surface area contributed by atoms with Crippen LogP contribution < -0.4 is 4.90 Å². The fourth-order valence-electron chi connectivity index (χ4n) is 4.44. The maximum Gasteiger partial charge on any atom is 0.415 e. The Hall–Kier alpha value is -3.48.